The Kier molecular flexibility index (Phi) is 4.27. The van der Waals surface area contributed by atoms with E-state index in [0.717, 1.165) is 25.7 Å². The minimum Gasteiger partial charge on any atom is -0.393 e. The lowest BCUT2D eigenvalue weighted by Gasteiger charge is -2.60. The molecule has 4 rings (SSSR count). The van der Waals surface area contributed by atoms with Crippen LogP contribution < -0.4 is 0 Å². The number of fused-ring (bicyclic) bond motifs is 5. The molecule has 8 atom stereocenters. The summed E-state index contributed by atoms with van der Waals surface area (Å²) < 4.78 is 0. The number of aliphatic hydroxyl groups is 3. The second-order valence-electron chi connectivity index (χ2n) is 10.1. The van der Waals surface area contributed by atoms with Crippen molar-refractivity contribution in [1.82, 2.24) is 0 Å². The van der Waals surface area contributed by atoms with Crippen molar-refractivity contribution >= 4 is 11.6 Å². The summed E-state index contributed by atoms with van der Waals surface area (Å²) >= 11 is 0. The molecule has 150 valence electrons. The molecule has 0 aromatic heterocycles. The second-order valence-corrected chi connectivity index (χ2v) is 10.1. The van der Waals surface area contributed by atoms with Crippen LogP contribution in [0.3, 0.4) is 0 Å². The van der Waals surface area contributed by atoms with Crippen LogP contribution in [0.4, 0.5) is 0 Å². The molecule has 0 radical (unpaired) electrons. The van der Waals surface area contributed by atoms with Crippen molar-refractivity contribution in [1.29, 1.82) is 0 Å². The highest BCUT2D eigenvalue weighted by Gasteiger charge is 2.70. The fourth-order valence-electron chi connectivity index (χ4n) is 7.74. The molecule has 0 heterocycles. The Labute approximate surface area is 160 Å². The Morgan fingerprint density at radius 2 is 2.00 bits per heavy atom. The first-order valence-electron chi connectivity index (χ1n) is 10.4. The van der Waals surface area contributed by atoms with Gasteiger partial charge in [0.1, 0.15) is 12.2 Å². The van der Waals surface area contributed by atoms with Crippen molar-refractivity contribution in [3.8, 4) is 0 Å². The van der Waals surface area contributed by atoms with Crippen molar-refractivity contribution in [2.75, 3.05) is 6.61 Å². The van der Waals surface area contributed by atoms with E-state index in [9.17, 15) is 24.9 Å². The molecular formula is C22H32O5. The lowest BCUT2D eigenvalue weighted by molar-refractivity contribution is -0.187. The molecule has 3 saturated carbocycles. The normalized spacial score (nSPS) is 51.9. The van der Waals surface area contributed by atoms with Gasteiger partial charge in [0.05, 0.1) is 6.10 Å². The van der Waals surface area contributed by atoms with E-state index in [4.69, 9.17) is 0 Å². The average molecular weight is 376 g/mol. The van der Waals surface area contributed by atoms with Gasteiger partial charge in [0, 0.05) is 11.8 Å². The van der Waals surface area contributed by atoms with Gasteiger partial charge >= 0.3 is 0 Å². The van der Waals surface area contributed by atoms with E-state index in [1.54, 1.807) is 0 Å². The van der Waals surface area contributed by atoms with E-state index in [1.165, 1.54) is 5.57 Å². The Hall–Kier alpha value is -1.04. The minimum absolute atomic E-state index is 0.0578. The van der Waals surface area contributed by atoms with Gasteiger partial charge in [0.2, 0.25) is 0 Å². The van der Waals surface area contributed by atoms with E-state index in [0.29, 0.717) is 12.8 Å². The zero-order valence-electron chi connectivity index (χ0n) is 16.6. The van der Waals surface area contributed by atoms with Crippen LogP contribution in [0.2, 0.25) is 0 Å². The number of Topliss-reactive ketones (excluding diaryl/α,β-unsaturated/α-hetero) is 1. The molecule has 0 aromatic rings. The van der Waals surface area contributed by atoms with Gasteiger partial charge < -0.3 is 15.3 Å². The molecule has 0 bridgehead atoms. The predicted molar refractivity (Wildman–Crippen MR) is 99.7 cm³/mol. The number of allylic oxidation sites excluding steroid dienone is 1. The zero-order chi connectivity index (χ0) is 19.8. The highest BCUT2D eigenvalue weighted by molar-refractivity contribution is 5.92. The van der Waals surface area contributed by atoms with E-state index in [2.05, 4.69) is 6.92 Å². The Morgan fingerprint density at radius 3 is 2.67 bits per heavy atom. The first-order chi connectivity index (χ1) is 12.6. The van der Waals surface area contributed by atoms with Crippen molar-refractivity contribution in [2.24, 2.45) is 34.5 Å². The van der Waals surface area contributed by atoms with Gasteiger partial charge in [-0.2, -0.15) is 0 Å². The lowest BCUT2D eigenvalue weighted by Crippen LogP contribution is -2.63. The summed E-state index contributed by atoms with van der Waals surface area (Å²) in [6, 6.07) is 0. The molecule has 4 aliphatic rings. The summed E-state index contributed by atoms with van der Waals surface area (Å²) in [7, 11) is 0. The summed E-state index contributed by atoms with van der Waals surface area (Å²) in [5, 5.41) is 32.2. The summed E-state index contributed by atoms with van der Waals surface area (Å²) in [6.07, 6.45) is 5.32. The molecule has 0 saturated heterocycles. The molecule has 3 fully saturated rings. The van der Waals surface area contributed by atoms with Crippen molar-refractivity contribution in [3.63, 3.8) is 0 Å². The molecule has 3 N–H and O–H groups in total. The van der Waals surface area contributed by atoms with Crippen molar-refractivity contribution in [3.05, 3.63) is 11.6 Å². The summed E-state index contributed by atoms with van der Waals surface area (Å²) in [5.74, 6) is -0.155. The maximum absolute atomic E-state index is 12.6. The van der Waals surface area contributed by atoms with E-state index in [1.807, 2.05) is 19.9 Å². The molecule has 0 aliphatic heterocycles. The number of carbonyl (C=O) groups excluding carboxylic acids is 2. The van der Waals surface area contributed by atoms with Crippen LogP contribution in [0.5, 0.6) is 0 Å². The Balaban J connectivity index is 1.77. The predicted octanol–water partition coefficient (Wildman–Crippen LogP) is 2.03. The van der Waals surface area contributed by atoms with Crippen LogP contribution in [0.15, 0.2) is 11.6 Å². The fraction of sp³-hybridized carbons (Fsp3) is 0.818. The SMILES string of the molecule is C[C@@H]1C[C@@H]2[C@@H]3CCC4=CC(=O)CC[C@]4(C)[C@@H]3[C@@H](O)C[C@]2(C)[C@@]1(O)C(=O)CO. The van der Waals surface area contributed by atoms with E-state index >= 15 is 0 Å². The molecule has 27 heavy (non-hydrogen) atoms. The van der Waals surface area contributed by atoms with Crippen LogP contribution >= 0.6 is 0 Å². The highest BCUT2D eigenvalue weighted by Crippen LogP contribution is 2.68. The zero-order valence-corrected chi connectivity index (χ0v) is 16.6. The van der Waals surface area contributed by atoms with Crippen LogP contribution in [-0.2, 0) is 9.59 Å². The third-order valence-corrected chi connectivity index (χ3v) is 9.05. The number of aliphatic hydroxyl groups excluding tert-OH is 2. The fourth-order valence-corrected chi connectivity index (χ4v) is 7.74. The summed E-state index contributed by atoms with van der Waals surface area (Å²) in [4.78, 5) is 24.5. The maximum Gasteiger partial charge on any atom is 0.190 e. The minimum atomic E-state index is -1.59. The summed E-state index contributed by atoms with van der Waals surface area (Å²) in [6.45, 7) is 5.36. The summed E-state index contributed by atoms with van der Waals surface area (Å²) in [5.41, 5.74) is -1.31. The molecule has 0 spiro atoms. The topological polar surface area (TPSA) is 94.8 Å². The van der Waals surface area contributed by atoms with Gasteiger partial charge in [-0.1, -0.05) is 26.3 Å². The van der Waals surface area contributed by atoms with Gasteiger partial charge in [-0.05, 0) is 67.3 Å². The van der Waals surface area contributed by atoms with Gasteiger partial charge in [-0.15, -0.1) is 0 Å². The van der Waals surface area contributed by atoms with E-state index in [-0.39, 0.29) is 34.9 Å². The lowest BCUT2D eigenvalue weighted by atomic mass is 9.45. The number of hydrogen-bond acceptors (Lipinski definition) is 5. The first-order valence-corrected chi connectivity index (χ1v) is 10.4. The molecular weight excluding hydrogens is 344 g/mol. The van der Waals surface area contributed by atoms with Gasteiger partial charge in [-0.25, -0.2) is 0 Å². The largest absolute Gasteiger partial charge is 0.393 e. The van der Waals surface area contributed by atoms with Crippen molar-refractivity contribution in [2.45, 2.75) is 71.0 Å². The van der Waals surface area contributed by atoms with Gasteiger partial charge in [0.25, 0.3) is 0 Å². The smallest absolute Gasteiger partial charge is 0.190 e. The molecule has 5 heteroatoms. The van der Waals surface area contributed by atoms with Crippen LogP contribution in [0, 0.1) is 34.5 Å². The van der Waals surface area contributed by atoms with Crippen LogP contribution in [-0.4, -0.2) is 45.2 Å². The van der Waals surface area contributed by atoms with E-state index < -0.39 is 29.5 Å². The standard InChI is InChI=1S/C22H32O5/c1-12-8-16-15-5-4-13-9-14(24)6-7-20(13,2)19(15)17(25)10-21(16,3)22(12,27)18(26)11-23/h9,12,15-17,19,23,25,27H,4-8,10-11H2,1-3H3/t12-,15+,16-,17+,19+,20+,21+,22+/m1/s1. The molecule has 0 unspecified atom stereocenters. The quantitative estimate of drug-likeness (QED) is 0.685. The van der Waals surface area contributed by atoms with Crippen LogP contribution in [0.1, 0.15) is 59.3 Å². The van der Waals surface area contributed by atoms with Crippen LogP contribution in [0.25, 0.3) is 0 Å². The monoisotopic (exact) mass is 376 g/mol. The third kappa shape index (κ3) is 2.28. The molecule has 5 nitrogen and oxygen atoms in total. The molecule has 0 amide bonds. The Bertz CT molecular complexity index is 713. The van der Waals surface area contributed by atoms with Crippen molar-refractivity contribution < 1.29 is 24.9 Å². The van der Waals surface area contributed by atoms with Gasteiger partial charge in [0.15, 0.2) is 11.6 Å². The molecule has 4 aliphatic carbocycles. The number of rotatable bonds is 2. The average Bonchev–Trinajstić information content (AvgIpc) is 2.82. The molecule has 0 aromatic carbocycles. The number of hydrogen-bond donors (Lipinski definition) is 3. The second kappa shape index (κ2) is 5.98. The number of ketones is 2. The maximum atomic E-state index is 12.6. The Morgan fingerprint density at radius 1 is 1.30 bits per heavy atom. The van der Waals surface area contributed by atoms with Gasteiger partial charge in [-0.3, -0.25) is 9.59 Å². The number of carbonyl (C=O) groups is 2. The highest BCUT2D eigenvalue weighted by atomic mass is 16.3. The third-order valence-electron chi connectivity index (χ3n) is 9.05. The first kappa shape index (κ1) is 19.3.